The van der Waals surface area contributed by atoms with Crippen LogP contribution >= 0.6 is 0 Å². The summed E-state index contributed by atoms with van der Waals surface area (Å²) in [6, 6.07) is 4.56. The van der Waals surface area contributed by atoms with Crippen LogP contribution in [0.3, 0.4) is 0 Å². The summed E-state index contributed by atoms with van der Waals surface area (Å²) in [7, 11) is 0. The second-order valence-electron chi connectivity index (χ2n) is 5.34. The van der Waals surface area contributed by atoms with Crippen LogP contribution in [0.5, 0.6) is 0 Å². The van der Waals surface area contributed by atoms with Crippen molar-refractivity contribution in [3.8, 4) is 0 Å². The van der Waals surface area contributed by atoms with E-state index >= 15 is 0 Å². The number of carbonyl (C=O) groups excluding carboxylic acids is 1. The van der Waals surface area contributed by atoms with Crippen molar-refractivity contribution in [2.75, 3.05) is 0 Å². The summed E-state index contributed by atoms with van der Waals surface area (Å²) >= 11 is 0. The smallest absolute Gasteiger partial charge is 0.379 e. The first-order valence-corrected chi connectivity index (χ1v) is 5.95. The second kappa shape index (κ2) is 5.56. The summed E-state index contributed by atoms with van der Waals surface area (Å²) in [6.45, 7) is 5.17. The van der Waals surface area contributed by atoms with E-state index in [2.05, 4.69) is 0 Å². The molecule has 0 spiro atoms. The molecule has 6 heteroatoms. The SMILES string of the molecule is CC(C)(C)OC(=O)Cc1ccc(C(F)(F)C(=O)O)cc1. The lowest BCUT2D eigenvalue weighted by Gasteiger charge is -2.19. The molecule has 0 atom stereocenters. The Labute approximate surface area is 115 Å². The Kier molecular flexibility index (Phi) is 4.47. The highest BCUT2D eigenvalue weighted by Gasteiger charge is 2.40. The van der Waals surface area contributed by atoms with Gasteiger partial charge in [-0.2, -0.15) is 8.78 Å². The van der Waals surface area contributed by atoms with E-state index in [0.29, 0.717) is 5.56 Å². The molecule has 0 saturated heterocycles. The molecule has 0 saturated carbocycles. The van der Waals surface area contributed by atoms with E-state index in [4.69, 9.17) is 9.84 Å². The number of rotatable bonds is 4. The van der Waals surface area contributed by atoms with Gasteiger partial charge in [0.1, 0.15) is 5.60 Å². The molecule has 110 valence electrons. The molecule has 0 bridgehead atoms. The maximum Gasteiger partial charge on any atom is 0.379 e. The lowest BCUT2D eigenvalue weighted by atomic mass is 10.0. The van der Waals surface area contributed by atoms with E-state index in [1.807, 2.05) is 0 Å². The molecule has 0 aliphatic carbocycles. The van der Waals surface area contributed by atoms with Crippen molar-refractivity contribution in [3.05, 3.63) is 35.4 Å². The van der Waals surface area contributed by atoms with E-state index in [-0.39, 0.29) is 6.42 Å². The molecule has 0 radical (unpaired) electrons. The van der Waals surface area contributed by atoms with Gasteiger partial charge in [-0.1, -0.05) is 24.3 Å². The van der Waals surface area contributed by atoms with E-state index in [1.165, 1.54) is 12.1 Å². The van der Waals surface area contributed by atoms with Crippen molar-refractivity contribution in [2.45, 2.75) is 38.7 Å². The summed E-state index contributed by atoms with van der Waals surface area (Å²) < 4.78 is 31.5. The van der Waals surface area contributed by atoms with Crippen molar-refractivity contribution in [1.29, 1.82) is 0 Å². The third-order valence-corrected chi connectivity index (χ3v) is 2.35. The Hall–Kier alpha value is -1.98. The predicted molar refractivity (Wildman–Crippen MR) is 67.5 cm³/mol. The quantitative estimate of drug-likeness (QED) is 0.864. The molecule has 1 aromatic carbocycles. The van der Waals surface area contributed by atoms with Crippen LogP contribution in [0.2, 0.25) is 0 Å². The number of hydrogen-bond acceptors (Lipinski definition) is 3. The van der Waals surface area contributed by atoms with E-state index in [9.17, 15) is 18.4 Å². The van der Waals surface area contributed by atoms with E-state index < -0.39 is 29.0 Å². The lowest BCUT2D eigenvalue weighted by molar-refractivity contribution is -0.166. The molecular weight excluding hydrogens is 270 g/mol. The molecule has 0 aliphatic heterocycles. The Morgan fingerprint density at radius 1 is 1.15 bits per heavy atom. The monoisotopic (exact) mass is 286 g/mol. The molecule has 0 heterocycles. The summed E-state index contributed by atoms with van der Waals surface area (Å²) in [6.07, 6.45) is -0.0593. The number of carboxylic acid groups (broad SMARTS) is 1. The Bertz CT molecular complexity index is 501. The van der Waals surface area contributed by atoms with Gasteiger partial charge >= 0.3 is 17.9 Å². The summed E-state index contributed by atoms with van der Waals surface area (Å²) in [5.41, 5.74) is -0.769. The molecule has 1 N–H and O–H groups in total. The predicted octanol–water partition coefficient (Wildman–Crippen LogP) is 2.75. The average molecular weight is 286 g/mol. The first-order chi connectivity index (χ1) is 9.02. The molecule has 20 heavy (non-hydrogen) atoms. The zero-order chi connectivity index (χ0) is 15.6. The molecule has 4 nitrogen and oxygen atoms in total. The maximum atomic E-state index is 13.2. The number of alkyl halides is 2. The highest BCUT2D eigenvalue weighted by molar-refractivity contribution is 5.77. The van der Waals surface area contributed by atoms with Crippen LogP contribution in [0.15, 0.2) is 24.3 Å². The number of ether oxygens (including phenoxy) is 1. The number of benzene rings is 1. The third kappa shape index (κ3) is 4.29. The van der Waals surface area contributed by atoms with Crippen LogP contribution in [-0.2, 0) is 26.7 Å². The Balaban J connectivity index is 2.78. The zero-order valence-electron chi connectivity index (χ0n) is 11.4. The summed E-state index contributed by atoms with van der Waals surface area (Å²) in [5.74, 6) is -6.63. The van der Waals surface area contributed by atoms with Gasteiger partial charge in [0.05, 0.1) is 6.42 Å². The Morgan fingerprint density at radius 2 is 1.65 bits per heavy atom. The van der Waals surface area contributed by atoms with Gasteiger partial charge in [-0.15, -0.1) is 0 Å². The minimum Gasteiger partial charge on any atom is -0.477 e. The van der Waals surface area contributed by atoms with E-state index in [0.717, 1.165) is 12.1 Å². The normalized spacial score (nSPS) is 12.1. The number of carbonyl (C=O) groups is 2. The first-order valence-electron chi connectivity index (χ1n) is 5.95. The minimum absolute atomic E-state index is 0.0593. The fourth-order valence-electron chi connectivity index (χ4n) is 1.50. The van der Waals surface area contributed by atoms with Gasteiger partial charge in [-0.3, -0.25) is 4.79 Å². The van der Waals surface area contributed by atoms with Crippen LogP contribution in [0, 0.1) is 0 Å². The average Bonchev–Trinajstić information content (AvgIpc) is 2.26. The number of carboxylic acids is 1. The van der Waals surface area contributed by atoms with Crippen molar-refractivity contribution >= 4 is 11.9 Å². The topological polar surface area (TPSA) is 63.6 Å². The van der Waals surface area contributed by atoms with Gasteiger partial charge < -0.3 is 9.84 Å². The zero-order valence-corrected chi connectivity index (χ0v) is 11.4. The third-order valence-electron chi connectivity index (χ3n) is 2.35. The van der Waals surface area contributed by atoms with Gasteiger partial charge in [-0.05, 0) is 26.3 Å². The molecule has 0 fully saturated rings. The number of aliphatic carboxylic acids is 1. The maximum absolute atomic E-state index is 13.2. The van der Waals surface area contributed by atoms with Crippen LogP contribution in [0.1, 0.15) is 31.9 Å². The molecule has 0 amide bonds. The van der Waals surface area contributed by atoms with Crippen LogP contribution in [0.25, 0.3) is 0 Å². The molecule has 0 aliphatic rings. The number of hydrogen-bond donors (Lipinski definition) is 1. The first kappa shape index (κ1) is 16.1. The highest BCUT2D eigenvalue weighted by Crippen LogP contribution is 2.28. The fourth-order valence-corrected chi connectivity index (χ4v) is 1.50. The van der Waals surface area contributed by atoms with Crippen molar-refractivity contribution in [1.82, 2.24) is 0 Å². The van der Waals surface area contributed by atoms with Crippen LogP contribution in [-0.4, -0.2) is 22.6 Å². The Morgan fingerprint density at radius 3 is 2.05 bits per heavy atom. The van der Waals surface area contributed by atoms with Gasteiger partial charge in [0.15, 0.2) is 0 Å². The van der Waals surface area contributed by atoms with Crippen molar-refractivity contribution in [2.24, 2.45) is 0 Å². The molecule has 0 unspecified atom stereocenters. The molecule has 1 rings (SSSR count). The van der Waals surface area contributed by atoms with Gasteiger partial charge in [0, 0.05) is 5.56 Å². The van der Waals surface area contributed by atoms with Gasteiger partial charge in [0.25, 0.3) is 0 Å². The fraction of sp³-hybridized carbons (Fsp3) is 0.429. The van der Waals surface area contributed by atoms with Gasteiger partial charge in [0.2, 0.25) is 0 Å². The lowest BCUT2D eigenvalue weighted by Crippen LogP contribution is -2.26. The van der Waals surface area contributed by atoms with E-state index in [1.54, 1.807) is 20.8 Å². The van der Waals surface area contributed by atoms with Crippen molar-refractivity contribution < 1.29 is 28.2 Å². The molecule has 0 aromatic heterocycles. The largest absolute Gasteiger partial charge is 0.477 e. The highest BCUT2D eigenvalue weighted by atomic mass is 19.3. The number of esters is 1. The number of halogens is 2. The summed E-state index contributed by atoms with van der Waals surface area (Å²) in [5, 5.41) is 8.41. The molecular formula is C14H16F2O4. The second-order valence-corrected chi connectivity index (χ2v) is 5.34. The summed E-state index contributed by atoms with van der Waals surface area (Å²) in [4.78, 5) is 22.0. The van der Waals surface area contributed by atoms with Gasteiger partial charge in [-0.25, -0.2) is 4.79 Å². The minimum atomic E-state index is -3.94. The van der Waals surface area contributed by atoms with Crippen LogP contribution < -0.4 is 0 Å². The molecule has 1 aromatic rings. The van der Waals surface area contributed by atoms with Crippen molar-refractivity contribution in [3.63, 3.8) is 0 Å². The van der Waals surface area contributed by atoms with Crippen LogP contribution in [0.4, 0.5) is 8.78 Å². The standard InChI is InChI=1S/C14H16F2O4/c1-13(2,3)20-11(17)8-9-4-6-10(7-5-9)14(15,16)12(18)19/h4-7H,8H2,1-3H3,(H,18,19).